The smallest absolute Gasteiger partial charge is 0.238 e. The Kier molecular flexibility index (Phi) is 4.86. The summed E-state index contributed by atoms with van der Waals surface area (Å²) in [5.41, 5.74) is -0.0231. The molecule has 1 aromatic carbocycles. The fraction of sp³-hybridized carbons (Fsp3) is 0.375. The Morgan fingerprint density at radius 1 is 1.46 bits per heavy atom. The van der Waals surface area contributed by atoms with E-state index >= 15 is 0 Å². The van der Waals surface area contributed by atoms with Crippen LogP contribution >= 0.6 is 0 Å². The van der Waals surface area contributed by atoms with E-state index in [1.165, 1.54) is 6.07 Å². The van der Waals surface area contributed by atoms with E-state index in [2.05, 4.69) is 15.6 Å². The molecule has 128 valence electrons. The Balaban J connectivity index is 1.69. The van der Waals surface area contributed by atoms with Gasteiger partial charge in [0, 0.05) is 45.1 Å². The van der Waals surface area contributed by atoms with Crippen molar-refractivity contribution in [2.24, 2.45) is 7.05 Å². The average Bonchev–Trinajstić information content (AvgIpc) is 2.97. The molecule has 1 unspecified atom stereocenters. The number of imidazole rings is 1. The zero-order valence-corrected chi connectivity index (χ0v) is 13.3. The number of halogens is 2. The second-order valence-electron chi connectivity index (χ2n) is 5.76. The van der Waals surface area contributed by atoms with Crippen LogP contribution in [0.2, 0.25) is 0 Å². The third-order valence-electron chi connectivity index (χ3n) is 4.06. The molecule has 24 heavy (non-hydrogen) atoms. The molecule has 2 N–H and O–H groups in total. The maximum absolute atomic E-state index is 13.7. The molecule has 0 saturated carbocycles. The second kappa shape index (κ2) is 7.06. The van der Waals surface area contributed by atoms with Crippen molar-refractivity contribution in [1.82, 2.24) is 19.8 Å². The molecule has 8 heteroatoms. The predicted molar refractivity (Wildman–Crippen MR) is 85.4 cm³/mol. The molecule has 0 aliphatic carbocycles. The summed E-state index contributed by atoms with van der Waals surface area (Å²) in [4.78, 5) is 18.6. The fourth-order valence-electron chi connectivity index (χ4n) is 2.85. The average molecular weight is 335 g/mol. The first kappa shape index (κ1) is 16.5. The Labute approximate surface area is 138 Å². The minimum absolute atomic E-state index is 0.0231. The van der Waals surface area contributed by atoms with Crippen LogP contribution < -0.4 is 10.6 Å². The van der Waals surface area contributed by atoms with Crippen LogP contribution in [-0.4, -0.2) is 46.5 Å². The lowest BCUT2D eigenvalue weighted by atomic mass is 10.1. The SMILES string of the molecule is Cn1ccnc1C1CNCCN1CC(=O)Nc1ccc(F)cc1F. The summed E-state index contributed by atoms with van der Waals surface area (Å²) in [5, 5.41) is 5.79. The van der Waals surface area contributed by atoms with Crippen LogP contribution in [0.4, 0.5) is 14.5 Å². The highest BCUT2D eigenvalue weighted by Gasteiger charge is 2.28. The number of hydrogen-bond acceptors (Lipinski definition) is 4. The van der Waals surface area contributed by atoms with Gasteiger partial charge in [-0.1, -0.05) is 0 Å². The van der Waals surface area contributed by atoms with Gasteiger partial charge in [-0.2, -0.15) is 0 Å². The van der Waals surface area contributed by atoms with Crippen molar-refractivity contribution in [3.8, 4) is 0 Å². The molecule has 1 saturated heterocycles. The van der Waals surface area contributed by atoms with Gasteiger partial charge in [-0.25, -0.2) is 13.8 Å². The number of nitrogens with zero attached hydrogens (tertiary/aromatic N) is 3. The van der Waals surface area contributed by atoms with Gasteiger partial charge < -0.3 is 15.2 Å². The van der Waals surface area contributed by atoms with Gasteiger partial charge in [-0.15, -0.1) is 0 Å². The van der Waals surface area contributed by atoms with Crippen LogP contribution in [0, 0.1) is 11.6 Å². The monoisotopic (exact) mass is 335 g/mol. The maximum Gasteiger partial charge on any atom is 0.238 e. The molecular weight excluding hydrogens is 316 g/mol. The molecule has 0 bridgehead atoms. The summed E-state index contributed by atoms with van der Waals surface area (Å²) in [6.07, 6.45) is 3.58. The van der Waals surface area contributed by atoms with E-state index in [0.29, 0.717) is 13.1 Å². The van der Waals surface area contributed by atoms with E-state index in [1.807, 2.05) is 22.7 Å². The molecule has 0 spiro atoms. The van der Waals surface area contributed by atoms with Gasteiger partial charge in [0.2, 0.25) is 5.91 Å². The maximum atomic E-state index is 13.7. The van der Waals surface area contributed by atoms with Crippen LogP contribution in [0.15, 0.2) is 30.6 Å². The topological polar surface area (TPSA) is 62.2 Å². The van der Waals surface area contributed by atoms with E-state index in [9.17, 15) is 13.6 Å². The summed E-state index contributed by atoms with van der Waals surface area (Å²) in [7, 11) is 1.91. The first-order valence-corrected chi connectivity index (χ1v) is 7.71. The van der Waals surface area contributed by atoms with Crippen LogP contribution in [0.5, 0.6) is 0 Å². The number of aromatic nitrogens is 2. The highest BCUT2D eigenvalue weighted by Crippen LogP contribution is 2.20. The molecule has 1 aliphatic rings. The van der Waals surface area contributed by atoms with Crippen molar-refractivity contribution in [1.29, 1.82) is 0 Å². The highest BCUT2D eigenvalue weighted by atomic mass is 19.1. The van der Waals surface area contributed by atoms with Gasteiger partial charge in [0.15, 0.2) is 0 Å². The van der Waals surface area contributed by atoms with Gasteiger partial charge in [0.25, 0.3) is 0 Å². The minimum atomic E-state index is -0.788. The molecule has 6 nitrogen and oxygen atoms in total. The lowest BCUT2D eigenvalue weighted by molar-refractivity contribution is -0.118. The molecule has 2 aromatic rings. The predicted octanol–water partition coefficient (Wildman–Crippen LogP) is 1.28. The number of nitrogens with one attached hydrogen (secondary N) is 2. The van der Waals surface area contributed by atoms with Gasteiger partial charge >= 0.3 is 0 Å². The molecule has 2 heterocycles. The van der Waals surface area contributed by atoms with Crippen molar-refractivity contribution >= 4 is 11.6 Å². The number of amides is 1. The Morgan fingerprint density at radius 2 is 2.29 bits per heavy atom. The summed E-state index contributed by atoms with van der Waals surface area (Å²) in [5.74, 6) is -0.948. The zero-order valence-electron chi connectivity index (χ0n) is 13.3. The van der Waals surface area contributed by atoms with Crippen LogP contribution in [0.25, 0.3) is 0 Å². The van der Waals surface area contributed by atoms with Crippen LogP contribution in [-0.2, 0) is 11.8 Å². The molecule has 1 aliphatic heterocycles. The van der Waals surface area contributed by atoms with Crippen molar-refractivity contribution in [3.63, 3.8) is 0 Å². The summed E-state index contributed by atoms with van der Waals surface area (Å²) >= 11 is 0. The van der Waals surface area contributed by atoms with Crippen LogP contribution in [0.1, 0.15) is 11.9 Å². The second-order valence-corrected chi connectivity index (χ2v) is 5.76. The van der Waals surface area contributed by atoms with E-state index in [-0.39, 0.29) is 24.2 Å². The minimum Gasteiger partial charge on any atom is -0.337 e. The van der Waals surface area contributed by atoms with Gasteiger partial charge in [0.1, 0.15) is 17.5 Å². The summed E-state index contributed by atoms with van der Waals surface area (Å²) in [6.45, 7) is 2.23. The molecule has 3 rings (SSSR count). The van der Waals surface area contributed by atoms with Crippen molar-refractivity contribution in [2.75, 3.05) is 31.5 Å². The number of piperazine rings is 1. The fourth-order valence-corrected chi connectivity index (χ4v) is 2.85. The van der Waals surface area contributed by atoms with Crippen molar-refractivity contribution < 1.29 is 13.6 Å². The summed E-state index contributed by atoms with van der Waals surface area (Å²) < 4.78 is 28.5. The number of anilines is 1. The lowest BCUT2D eigenvalue weighted by Crippen LogP contribution is -2.49. The quantitative estimate of drug-likeness (QED) is 0.884. The van der Waals surface area contributed by atoms with E-state index in [0.717, 1.165) is 24.5 Å². The number of carbonyl (C=O) groups is 1. The molecular formula is C16H19F2N5O. The van der Waals surface area contributed by atoms with E-state index < -0.39 is 11.6 Å². The Morgan fingerprint density at radius 3 is 3.00 bits per heavy atom. The molecule has 0 radical (unpaired) electrons. The third kappa shape index (κ3) is 3.60. The Bertz CT molecular complexity index is 733. The van der Waals surface area contributed by atoms with Gasteiger partial charge in [0.05, 0.1) is 18.3 Å². The summed E-state index contributed by atoms with van der Waals surface area (Å²) in [6, 6.07) is 3.04. The first-order chi connectivity index (χ1) is 11.5. The number of carbonyl (C=O) groups excluding carboxylic acids is 1. The zero-order chi connectivity index (χ0) is 17.1. The molecule has 1 aromatic heterocycles. The normalized spacial score (nSPS) is 18.5. The van der Waals surface area contributed by atoms with Gasteiger partial charge in [-0.05, 0) is 12.1 Å². The standard InChI is InChI=1S/C16H19F2N5O/c1-22-6-5-20-16(22)14-9-19-4-7-23(14)10-15(24)21-13-3-2-11(17)8-12(13)18/h2-3,5-6,8,14,19H,4,7,9-10H2,1H3,(H,21,24). The number of rotatable bonds is 4. The molecule has 1 fully saturated rings. The molecule has 1 amide bonds. The van der Waals surface area contributed by atoms with E-state index in [1.54, 1.807) is 6.20 Å². The van der Waals surface area contributed by atoms with E-state index in [4.69, 9.17) is 0 Å². The molecule has 1 atom stereocenters. The largest absolute Gasteiger partial charge is 0.337 e. The van der Waals surface area contributed by atoms with Crippen molar-refractivity contribution in [3.05, 3.63) is 48.1 Å². The number of hydrogen-bond donors (Lipinski definition) is 2. The number of aryl methyl sites for hydroxylation is 1. The van der Waals surface area contributed by atoms with Gasteiger partial charge in [-0.3, -0.25) is 9.69 Å². The highest BCUT2D eigenvalue weighted by molar-refractivity contribution is 5.92. The third-order valence-corrected chi connectivity index (χ3v) is 4.06. The lowest BCUT2D eigenvalue weighted by Gasteiger charge is -2.35. The first-order valence-electron chi connectivity index (χ1n) is 7.71. The number of benzene rings is 1. The van der Waals surface area contributed by atoms with Crippen molar-refractivity contribution in [2.45, 2.75) is 6.04 Å². The Hall–Kier alpha value is -2.32. The van der Waals surface area contributed by atoms with Crippen LogP contribution in [0.3, 0.4) is 0 Å².